The molecule has 0 amide bonds. The summed E-state index contributed by atoms with van der Waals surface area (Å²) in [5.41, 5.74) is 7.56. The molecule has 1 aliphatic carbocycles. The van der Waals surface area contributed by atoms with Crippen molar-refractivity contribution in [2.24, 2.45) is 5.73 Å². The van der Waals surface area contributed by atoms with Crippen LogP contribution in [-0.4, -0.2) is 18.6 Å². The number of hydrogen-bond acceptors (Lipinski definition) is 2. The average Bonchev–Trinajstić information content (AvgIpc) is 2.99. The molecule has 1 unspecified atom stereocenters. The summed E-state index contributed by atoms with van der Waals surface area (Å²) in [5.74, 6) is 0.448. The lowest BCUT2D eigenvalue weighted by atomic mass is 9.99. The van der Waals surface area contributed by atoms with Gasteiger partial charge in [-0.25, -0.2) is 0 Å². The largest absolute Gasteiger partial charge is 0.330 e. The molecule has 0 aliphatic heterocycles. The van der Waals surface area contributed by atoms with Crippen molar-refractivity contribution < 1.29 is 0 Å². The quantitative estimate of drug-likeness (QED) is 0.768. The molecule has 1 aromatic rings. The Bertz CT molecular complexity index is 304. The Balaban J connectivity index is 1.92. The molecule has 15 heavy (non-hydrogen) atoms. The van der Waals surface area contributed by atoms with Crippen LogP contribution in [0.25, 0.3) is 0 Å². The summed E-state index contributed by atoms with van der Waals surface area (Å²) < 4.78 is 0. The van der Waals surface area contributed by atoms with Crippen LogP contribution in [0.4, 0.5) is 0 Å². The third-order valence-electron chi connectivity index (χ3n) is 3.33. The second-order valence-corrected chi connectivity index (χ2v) is 4.78. The lowest BCUT2D eigenvalue weighted by Crippen LogP contribution is -2.34. The summed E-state index contributed by atoms with van der Waals surface area (Å²) in [5, 5.41) is 3.60. The van der Waals surface area contributed by atoms with Crippen molar-refractivity contribution in [3.8, 4) is 0 Å². The Morgan fingerprint density at radius 2 is 2.00 bits per heavy atom. The minimum atomic E-state index is 0.405. The van der Waals surface area contributed by atoms with Crippen molar-refractivity contribution in [2.75, 3.05) is 13.1 Å². The van der Waals surface area contributed by atoms with Gasteiger partial charge in [0.1, 0.15) is 0 Å². The van der Waals surface area contributed by atoms with E-state index in [0.717, 1.165) is 6.54 Å². The van der Waals surface area contributed by atoms with Gasteiger partial charge in [-0.05, 0) is 25.3 Å². The maximum atomic E-state index is 5.81. The van der Waals surface area contributed by atoms with Gasteiger partial charge in [0.2, 0.25) is 0 Å². The fourth-order valence-electron chi connectivity index (χ4n) is 1.80. The molecule has 2 rings (SSSR count). The van der Waals surface area contributed by atoms with Crippen molar-refractivity contribution in [1.82, 2.24) is 5.32 Å². The monoisotopic (exact) mass is 204 g/mol. The highest BCUT2D eigenvalue weighted by molar-refractivity contribution is 5.20. The van der Waals surface area contributed by atoms with Crippen molar-refractivity contribution in [2.45, 2.75) is 31.2 Å². The average molecular weight is 204 g/mol. The maximum Gasteiger partial charge on any atom is 0.0155 e. The van der Waals surface area contributed by atoms with Crippen LogP contribution in [0, 0.1) is 0 Å². The van der Waals surface area contributed by atoms with Crippen LogP contribution in [0.15, 0.2) is 30.3 Å². The predicted octanol–water partition coefficient (Wildman–Crippen LogP) is 1.87. The Morgan fingerprint density at radius 1 is 1.33 bits per heavy atom. The smallest absolute Gasteiger partial charge is 0.0155 e. The van der Waals surface area contributed by atoms with E-state index in [1.165, 1.54) is 18.4 Å². The van der Waals surface area contributed by atoms with Gasteiger partial charge in [0.05, 0.1) is 0 Å². The third kappa shape index (κ3) is 2.80. The highest BCUT2D eigenvalue weighted by atomic mass is 15.0. The molecule has 1 atom stereocenters. The van der Waals surface area contributed by atoms with Crippen LogP contribution in [-0.2, 0) is 0 Å². The first-order valence-corrected chi connectivity index (χ1v) is 5.73. The highest BCUT2D eigenvalue weighted by Crippen LogP contribution is 2.34. The van der Waals surface area contributed by atoms with Crippen molar-refractivity contribution in [1.29, 1.82) is 0 Å². The summed E-state index contributed by atoms with van der Waals surface area (Å²) in [7, 11) is 0. The molecule has 1 aliphatic rings. The van der Waals surface area contributed by atoms with E-state index < -0.39 is 0 Å². The van der Waals surface area contributed by atoms with Crippen LogP contribution in [0.3, 0.4) is 0 Å². The first-order chi connectivity index (χ1) is 7.23. The van der Waals surface area contributed by atoms with Gasteiger partial charge in [-0.15, -0.1) is 0 Å². The molecule has 2 heteroatoms. The molecule has 3 N–H and O–H groups in total. The first-order valence-electron chi connectivity index (χ1n) is 5.73. The molecule has 1 fully saturated rings. The first kappa shape index (κ1) is 10.7. The normalized spacial score (nSPS) is 19.9. The van der Waals surface area contributed by atoms with E-state index in [1.54, 1.807) is 0 Å². The van der Waals surface area contributed by atoms with Gasteiger partial charge in [-0.3, -0.25) is 0 Å². The molecule has 0 spiro atoms. The van der Waals surface area contributed by atoms with Crippen molar-refractivity contribution >= 4 is 0 Å². The van der Waals surface area contributed by atoms with Gasteiger partial charge in [-0.1, -0.05) is 30.3 Å². The summed E-state index contributed by atoms with van der Waals surface area (Å²) in [4.78, 5) is 0. The predicted molar refractivity (Wildman–Crippen MR) is 63.9 cm³/mol. The summed E-state index contributed by atoms with van der Waals surface area (Å²) >= 11 is 0. The third-order valence-corrected chi connectivity index (χ3v) is 3.33. The molecule has 0 aromatic heterocycles. The Kier molecular flexibility index (Phi) is 3.08. The van der Waals surface area contributed by atoms with Crippen LogP contribution in [0.5, 0.6) is 0 Å². The van der Waals surface area contributed by atoms with Gasteiger partial charge in [-0.2, -0.15) is 0 Å². The lowest BCUT2D eigenvalue weighted by molar-refractivity contribution is 0.497. The molecule has 82 valence electrons. The molecule has 2 nitrogen and oxygen atoms in total. The van der Waals surface area contributed by atoms with Crippen LogP contribution in [0.2, 0.25) is 0 Å². The van der Waals surface area contributed by atoms with Crippen molar-refractivity contribution in [3.05, 3.63) is 35.9 Å². The molecular weight excluding hydrogens is 184 g/mol. The molecular formula is C13H20N2. The van der Waals surface area contributed by atoms with E-state index in [-0.39, 0.29) is 0 Å². The van der Waals surface area contributed by atoms with E-state index in [1.807, 2.05) is 6.07 Å². The number of benzene rings is 1. The second kappa shape index (κ2) is 4.33. The summed E-state index contributed by atoms with van der Waals surface area (Å²) in [6.07, 6.45) is 2.61. The Morgan fingerprint density at radius 3 is 2.53 bits per heavy atom. The van der Waals surface area contributed by atoms with Crippen LogP contribution in [0.1, 0.15) is 31.2 Å². The number of nitrogens with two attached hydrogens (primary N) is 1. The van der Waals surface area contributed by atoms with Gasteiger partial charge < -0.3 is 11.1 Å². The SMILES string of the molecule is CC1(NCC(CN)c2ccccc2)CC1. The summed E-state index contributed by atoms with van der Waals surface area (Å²) in [6.45, 7) is 4.00. The van der Waals surface area contributed by atoms with Gasteiger partial charge in [0.25, 0.3) is 0 Å². The zero-order valence-electron chi connectivity index (χ0n) is 9.37. The van der Waals surface area contributed by atoms with E-state index in [0.29, 0.717) is 18.0 Å². The van der Waals surface area contributed by atoms with Gasteiger partial charge in [0.15, 0.2) is 0 Å². The van der Waals surface area contributed by atoms with Gasteiger partial charge in [0, 0.05) is 24.5 Å². The second-order valence-electron chi connectivity index (χ2n) is 4.78. The number of hydrogen-bond donors (Lipinski definition) is 2. The molecule has 1 aromatic carbocycles. The van der Waals surface area contributed by atoms with Gasteiger partial charge >= 0.3 is 0 Å². The molecule has 1 saturated carbocycles. The minimum Gasteiger partial charge on any atom is -0.330 e. The Hall–Kier alpha value is -0.860. The van der Waals surface area contributed by atoms with E-state index in [9.17, 15) is 0 Å². The van der Waals surface area contributed by atoms with Crippen molar-refractivity contribution in [3.63, 3.8) is 0 Å². The maximum absolute atomic E-state index is 5.81. The topological polar surface area (TPSA) is 38.0 Å². The number of rotatable bonds is 5. The standard InChI is InChI=1S/C13H20N2/c1-13(7-8-13)15-10-12(9-14)11-5-3-2-4-6-11/h2-6,12,15H,7-10,14H2,1H3. The van der Waals surface area contributed by atoms with Crippen LogP contribution < -0.4 is 11.1 Å². The van der Waals surface area contributed by atoms with E-state index in [2.05, 4.69) is 36.5 Å². The zero-order valence-corrected chi connectivity index (χ0v) is 9.37. The zero-order chi connectivity index (χ0) is 10.7. The fraction of sp³-hybridized carbons (Fsp3) is 0.538. The molecule has 0 bridgehead atoms. The van der Waals surface area contributed by atoms with Crippen LogP contribution >= 0.6 is 0 Å². The Labute approximate surface area is 91.9 Å². The molecule has 0 heterocycles. The minimum absolute atomic E-state index is 0.405. The van der Waals surface area contributed by atoms with E-state index in [4.69, 9.17) is 5.73 Å². The lowest BCUT2D eigenvalue weighted by Gasteiger charge is -2.19. The highest BCUT2D eigenvalue weighted by Gasteiger charge is 2.36. The fourth-order valence-corrected chi connectivity index (χ4v) is 1.80. The summed E-state index contributed by atoms with van der Waals surface area (Å²) in [6, 6.07) is 10.5. The van der Waals surface area contributed by atoms with E-state index >= 15 is 0 Å². The molecule has 0 radical (unpaired) electrons. The number of nitrogens with one attached hydrogen (secondary N) is 1. The molecule has 0 saturated heterocycles.